The maximum Gasteiger partial charge on any atom is 0.306 e. The van der Waals surface area contributed by atoms with Crippen LogP contribution in [0.5, 0.6) is 0 Å². The highest BCUT2D eigenvalue weighted by Crippen LogP contribution is 2.38. The van der Waals surface area contributed by atoms with Gasteiger partial charge < -0.3 is 27.9 Å². The minimum atomic E-state index is -4.53. The third kappa shape index (κ3) is 52.2. The van der Waals surface area contributed by atoms with Gasteiger partial charge in [0.05, 0.1) is 34.4 Å². The fourth-order valence-corrected chi connectivity index (χ4v) is 8.98. The Labute approximate surface area is 399 Å². The predicted octanol–water partition coefficient (Wildman–Crippen LogP) is 16.7. The summed E-state index contributed by atoms with van der Waals surface area (Å²) < 4.78 is 34.8. The number of unbranched alkanes of at least 4 members (excludes halogenated alkanes) is 37. The smallest absolute Gasteiger partial charge is 0.306 e. The fourth-order valence-electron chi connectivity index (χ4n) is 8.25. The highest BCUT2D eigenvalue weighted by molar-refractivity contribution is 7.45. The molecular weight excluding hydrogens is 818 g/mol. The van der Waals surface area contributed by atoms with Crippen molar-refractivity contribution in [1.29, 1.82) is 0 Å². The van der Waals surface area contributed by atoms with Gasteiger partial charge in [0.15, 0.2) is 0 Å². The first-order chi connectivity index (χ1) is 31.1. The topological polar surface area (TPSA) is 94.1 Å². The number of phosphoric acid groups is 1. The van der Waals surface area contributed by atoms with Crippen LogP contribution < -0.4 is 4.89 Å². The van der Waals surface area contributed by atoms with E-state index in [0.717, 1.165) is 32.1 Å². The molecule has 0 aliphatic heterocycles. The summed E-state index contributed by atoms with van der Waals surface area (Å²) in [5.41, 5.74) is 0. The lowest BCUT2D eigenvalue weighted by Crippen LogP contribution is -2.37. The van der Waals surface area contributed by atoms with Gasteiger partial charge in [-0.3, -0.25) is 9.36 Å². The van der Waals surface area contributed by atoms with Gasteiger partial charge in [0, 0.05) is 13.0 Å². The van der Waals surface area contributed by atoms with E-state index in [1.807, 2.05) is 21.1 Å². The lowest BCUT2D eigenvalue weighted by molar-refractivity contribution is -0.870. The Hall–Kier alpha value is -0.760. The zero-order chi connectivity index (χ0) is 46.9. The van der Waals surface area contributed by atoms with E-state index in [0.29, 0.717) is 24.1 Å². The molecule has 0 aliphatic rings. The largest absolute Gasteiger partial charge is 0.756 e. The average molecular weight is 928 g/mol. The standard InChI is InChI=1S/C55H110NO7P/c1-6-8-10-12-14-16-18-20-22-24-26-27-28-29-31-33-35-37-39-41-43-45-47-50-60-52-54(53-62-64(58,59)61-51-49-56(3,4)5)63-55(57)48-46-44-42-40-38-36-34-32-30-25-23-21-19-17-15-13-11-9-7-2/h21,23,54H,6-20,22,24-53H2,1-5H3/b23-21-. The molecule has 0 N–H and O–H groups in total. The minimum Gasteiger partial charge on any atom is -0.756 e. The molecule has 9 heteroatoms. The number of phosphoric ester groups is 1. The van der Waals surface area contributed by atoms with Crippen molar-refractivity contribution in [3.63, 3.8) is 0 Å². The number of carbonyl (C=O) groups excluding carboxylic acids is 1. The molecule has 2 atom stereocenters. The minimum absolute atomic E-state index is 0.0295. The molecule has 0 saturated carbocycles. The molecule has 2 unspecified atom stereocenters. The maximum absolute atomic E-state index is 12.8. The van der Waals surface area contributed by atoms with Crippen LogP contribution in [0.25, 0.3) is 0 Å². The number of rotatable bonds is 53. The quantitative estimate of drug-likeness (QED) is 0.0197. The molecule has 0 spiro atoms. The van der Waals surface area contributed by atoms with E-state index in [4.69, 9.17) is 18.5 Å². The number of hydrogen-bond donors (Lipinski definition) is 0. The van der Waals surface area contributed by atoms with E-state index < -0.39 is 13.9 Å². The van der Waals surface area contributed by atoms with Crippen LogP contribution in [0.3, 0.4) is 0 Å². The van der Waals surface area contributed by atoms with E-state index >= 15 is 0 Å². The van der Waals surface area contributed by atoms with Crippen LogP contribution in [0.4, 0.5) is 0 Å². The van der Waals surface area contributed by atoms with Crippen LogP contribution in [-0.4, -0.2) is 70.7 Å². The van der Waals surface area contributed by atoms with Gasteiger partial charge in [-0.25, -0.2) is 0 Å². The van der Waals surface area contributed by atoms with Gasteiger partial charge in [0.1, 0.15) is 19.3 Å². The molecule has 0 heterocycles. The van der Waals surface area contributed by atoms with E-state index in [1.165, 1.54) is 225 Å². The summed E-state index contributed by atoms with van der Waals surface area (Å²) >= 11 is 0. The summed E-state index contributed by atoms with van der Waals surface area (Å²) in [5, 5.41) is 0. The van der Waals surface area contributed by atoms with Crippen LogP contribution in [0.15, 0.2) is 12.2 Å². The van der Waals surface area contributed by atoms with Gasteiger partial charge in [0.2, 0.25) is 0 Å². The van der Waals surface area contributed by atoms with Crippen molar-refractivity contribution in [1.82, 2.24) is 0 Å². The summed E-state index contributed by atoms with van der Waals surface area (Å²) in [6, 6.07) is 0. The Morgan fingerprint density at radius 2 is 0.812 bits per heavy atom. The number of nitrogens with zero attached hydrogens (tertiary/aromatic N) is 1. The number of ether oxygens (including phenoxy) is 2. The summed E-state index contributed by atoms with van der Waals surface area (Å²) in [6.45, 7) is 5.48. The number of esters is 1. The molecule has 0 saturated heterocycles. The molecule has 8 nitrogen and oxygen atoms in total. The molecule has 64 heavy (non-hydrogen) atoms. The van der Waals surface area contributed by atoms with Gasteiger partial charge >= 0.3 is 5.97 Å². The molecule has 0 aromatic rings. The molecular formula is C55H110NO7P. The summed E-state index contributed by atoms with van der Waals surface area (Å²) in [4.78, 5) is 25.2. The summed E-state index contributed by atoms with van der Waals surface area (Å²) in [6.07, 6.45) is 56.7. The number of carbonyl (C=O) groups is 1. The fraction of sp³-hybridized carbons (Fsp3) is 0.945. The van der Waals surface area contributed by atoms with E-state index in [1.54, 1.807) is 0 Å². The van der Waals surface area contributed by atoms with Gasteiger partial charge in [-0.1, -0.05) is 244 Å². The Morgan fingerprint density at radius 3 is 1.19 bits per heavy atom. The first kappa shape index (κ1) is 63.2. The number of quaternary nitrogens is 1. The van der Waals surface area contributed by atoms with Crippen LogP contribution >= 0.6 is 7.82 Å². The second kappa shape index (κ2) is 48.7. The molecule has 0 fully saturated rings. The van der Waals surface area contributed by atoms with Crippen LogP contribution in [0.1, 0.15) is 277 Å². The normalized spacial score (nSPS) is 13.5. The van der Waals surface area contributed by atoms with Gasteiger partial charge in [-0.05, 0) is 38.5 Å². The van der Waals surface area contributed by atoms with Crippen molar-refractivity contribution in [2.45, 2.75) is 283 Å². The Bertz CT molecular complexity index is 1030. The second-order valence-electron chi connectivity index (χ2n) is 20.3. The lowest BCUT2D eigenvalue weighted by atomic mass is 10.0. The number of allylic oxidation sites excluding steroid dienone is 2. The van der Waals surface area contributed by atoms with Crippen molar-refractivity contribution in [3.8, 4) is 0 Å². The third-order valence-corrected chi connectivity index (χ3v) is 13.5. The van der Waals surface area contributed by atoms with Crippen LogP contribution in [-0.2, 0) is 27.9 Å². The van der Waals surface area contributed by atoms with E-state index in [-0.39, 0.29) is 25.8 Å². The number of hydrogen-bond acceptors (Lipinski definition) is 7. The first-order valence-corrected chi connectivity index (χ1v) is 29.4. The van der Waals surface area contributed by atoms with Crippen molar-refractivity contribution >= 4 is 13.8 Å². The van der Waals surface area contributed by atoms with Crippen molar-refractivity contribution in [2.24, 2.45) is 0 Å². The molecule has 0 aromatic carbocycles. The molecule has 0 amide bonds. The third-order valence-electron chi connectivity index (χ3n) is 12.6. The van der Waals surface area contributed by atoms with Gasteiger partial charge in [-0.2, -0.15) is 0 Å². The van der Waals surface area contributed by atoms with E-state index in [2.05, 4.69) is 26.0 Å². The molecule has 0 aromatic heterocycles. The molecule has 0 aliphatic carbocycles. The van der Waals surface area contributed by atoms with E-state index in [9.17, 15) is 14.3 Å². The Kier molecular flexibility index (Phi) is 48.1. The SMILES string of the molecule is CCCCCCCC/C=C\CCCCCCCCCCCC(=O)OC(COCCCCCCCCCCCCCCCCCCCCCCCCC)COP(=O)([O-])OCC[N+](C)(C)C. The van der Waals surface area contributed by atoms with Crippen molar-refractivity contribution in [3.05, 3.63) is 12.2 Å². The molecule has 0 radical (unpaired) electrons. The molecule has 0 bridgehead atoms. The number of likely N-dealkylation sites (N-methyl/N-ethyl adjacent to an activating group) is 1. The van der Waals surface area contributed by atoms with Gasteiger partial charge in [0.25, 0.3) is 7.82 Å². The lowest BCUT2D eigenvalue weighted by Gasteiger charge is -2.28. The molecule has 0 rings (SSSR count). The highest BCUT2D eigenvalue weighted by atomic mass is 31.2. The highest BCUT2D eigenvalue weighted by Gasteiger charge is 2.20. The molecule has 382 valence electrons. The second-order valence-corrected chi connectivity index (χ2v) is 21.7. The predicted molar refractivity (Wildman–Crippen MR) is 273 cm³/mol. The van der Waals surface area contributed by atoms with Crippen LogP contribution in [0.2, 0.25) is 0 Å². The van der Waals surface area contributed by atoms with Crippen LogP contribution in [0, 0.1) is 0 Å². The zero-order valence-corrected chi connectivity index (χ0v) is 44.4. The monoisotopic (exact) mass is 928 g/mol. The average Bonchev–Trinajstić information content (AvgIpc) is 3.25. The van der Waals surface area contributed by atoms with Crippen molar-refractivity contribution in [2.75, 3.05) is 54.1 Å². The van der Waals surface area contributed by atoms with Gasteiger partial charge in [-0.15, -0.1) is 0 Å². The zero-order valence-electron chi connectivity index (χ0n) is 43.5. The summed E-state index contributed by atoms with van der Waals surface area (Å²) in [7, 11) is 1.37. The maximum atomic E-state index is 12.8. The van der Waals surface area contributed by atoms with Crippen molar-refractivity contribution < 1.29 is 37.3 Å². The summed E-state index contributed by atoms with van der Waals surface area (Å²) in [5.74, 6) is -0.329. The Balaban J connectivity index is 4.04. The first-order valence-electron chi connectivity index (χ1n) is 27.9. The Morgan fingerprint density at radius 1 is 0.469 bits per heavy atom.